The number of ether oxygens (including phenoxy) is 1. The molecule has 0 unspecified atom stereocenters. The van der Waals surface area contributed by atoms with Crippen molar-refractivity contribution in [3.05, 3.63) is 60.2 Å². The molecule has 0 aliphatic carbocycles. The lowest BCUT2D eigenvalue weighted by atomic mass is 9.96. The smallest absolute Gasteiger partial charge is 0.160 e. The first-order valence-electron chi connectivity index (χ1n) is 12.2. The summed E-state index contributed by atoms with van der Waals surface area (Å²) in [4.78, 5) is 4.78. The third-order valence-electron chi connectivity index (χ3n) is 7.38. The van der Waals surface area contributed by atoms with Gasteiger partial charge >= 0.3 is 0 Å². The summed E-state index contributed by atoms with van der Waals surface area (Å²) in [6.07, 6.45) is 11.3. The molecule has 0 atom stereocenters. The third-order valence-corrected chi connectivity index (χ3v) is 7.38. The van der Waals surface area contributed by atoms with Crippen LogP contribution in [-0.4, -0.2) is 50.8 Å². The summed E-state index contributed by atoms with van der Waals surface area (Å²) in [7, 11) is 1.97. The van der Waals surface area contributed by atoms with Crippen LogP contribution in [0.4, 0.5) is 11.5 Å². The number of hydrogen-bond donors (Lipinski definition) is 0. The Labute approximate surface area is 195 Å². The van der Waals surface area contributed by atoms with Crippen molar-refractivity contribution in [1.82, 2.24) is 24.5 Å². The Morgan fingerprint density at radius 1 is 1.12 bits per heavy atom. The van der Waals surface area contributed by atoms with Gasteiger partial charge in [-0.1, -0.05) is 12.6 Å². The van der Waals surface area contributed by atoms with Crippen LogP contribution in [0.5, 0.6) is 0 Å². The van der Waals surface area contributed by atoms with Crippen molar-refractivity contribution in [3.8, 4) is 11.1 Å². The van der Waals surface area contributed by atoms with E-state index in [-0.39, 0.29) is 0 Å². The molecule has 0 radical (unpaired) electrons. The molecule has 5 heterocycles. The Hall–Kier alpha value is -3.06. The van der Waals surface area contributed by atoms with Crippen LogP contribution in [0.25, 0.3) is 11.1 Å². The van der Waals surface area contributed by atoms with Gasteiger partial charge in [0.25, 0.3) is 0 Å². The van der Waals surface area contributed by atoms with E-state index < -0.39 is 0 Å². The highest BCUT2D eigenvalue weighted by atomic mass is 16.5. The summed E-state index contributed by atoms with van der Waals surface area (Å²) >= 11 is 0. The number of aryl methyl sites for hydroxylation is 2. The molecule has 0 amide bonds. The fraction of sp³-hybridized carbons (Fsp3) is 0.462. The number of hydrogen-bond acceptors (Lipinski definition) is 5. The van der Waals surface area contributed by atoms with E-state index >= 15 is 0 Å². The second kappa shape index (κ2) is 8.37. The molecule has 7 nitrogen and oxygen atoms in total. The highest BCUT2D eigenvalue weighted by molar-refractivity contribution is 5.73. The van der Waals surface area contributed by atoms with Crippen molar-refractivity contribution in [2.75, 3.05) is 31.2 Å². The normalized spacial score (nSPS) is 18.8. The summed E-state index contributed by atoms with van der Waals surface area (Å²) in [5.74, 6) is 1.14. The second-order valence-corrected chi connectivity index (χ2v) is 9.44. The number of rotatable bonds is 4. The first-order valence-corrected chi connectivity index (χ1v) is 12.2. The van der Waals surface area contributed by atoms with Crippen LogP contribution in [0.3, 0.4) is 0 Å². The Kier molecular flexibility index (Phi) is 5.21. The van der Waals surface area contributed by atoms with E-state index in [2.05, 4.69) is 50.6 Å². The summed E-state index contributed by atoms with van der Waals surface area (Å²) in [5.41, 5.74) is 7.87. The highest BCUT2D eigenvalue weighted by Crippen LogP contribution is 2.40. The van der Waals surface area contributed by atoms with Crippen LogP contribution >= 0.6 is 0 Å². The molecule has 0 saturated carbocycles. The van der Waals surface area contributed by atoms with Crippen LogP contribution in [0.2, 0.25) is 0 Å². The van der Waals surface area contributed by atoms with E-state index in [4.69, 9.17) is 9.84 Å². The minimum absolute atomic E-state index is 0.439. The van der Waals surface area contributed by atoms with Crippen molar-refractivity contribution in [2.45, 2.75) is 44.7 Å². The van der Waals surface area contributed by atoms with E-state index in [0.717, 1.165) is 70.8 Å². The molecule has 172 valence electrons. The van der Waals surface area contributed by atoms with Gasteiger partial charge in [0, 0.05) is 75.0 Å². The first kappa shape index (κ1) is 20.5. The number of benzene rings is 1. The Morgan fingerprint density at radius 3 is 2.79 bits per heavy atom. The molecular weight excluding hydrogens is 412 g/mol. The van der Waals surface area contributed by atoms with Gasteiger partial charge < -0.3 is 14.5 Å². The molecule has 0 N–H and O–H groups in total. The number of fused-ring (bicyclic) bond motifs is 2. The topological polar surface area (TPSA) is 51.3 Å². The first-order chi connectivity index (χ1) is 16.2. The van der Waals surface area contributed by atoms with Crippen molar-refractivity contribution < 1.29 is 4.74 Å². The number of aromatic nitrogens is 4. The lowest BCUT2D eigenvalue weighted by Gasteiger charge is -2.32. The van der Waals surface area contributed by atoms with E-state index in [1.165, 1.54) is 33.6 Å². The van der Waals surface area contributed by atoms with Crippen molar-refractivity contribution in [1.29, 1.82) is 0 Å². The van der Waals surface area contributed by atoms with Gasteiger partial charge in [0.2, 0.25) is 0 Å². The monoisotopic (exact) mass is 444 g/mol. The summed E-state index contributed by atoms with van der Waals surface area (Å²) in [6, 6.07) is 7.29. The zero-order valence-electron chi connectivity index (χ0n) is 19.4. The van der Waals surface area contributed by atoms with Crippen molar-refractivity contribution in [2.24, 2.45) is 7.05 Å². The quantitative estimate of drug-likeness (QED) is 0.603. The van der Waals surface area contributed by atoms with Crippen LogP contribution in [0.1, 0.15) is 42.1 Å². The zero-order chi connectivity index (χ0) is 22.4. The molecule has 7 heteroatoms. The van der Waals surface area contributed by atoms with Crippen LogP contribution in [0, 0.1) is 0 Å². The van der Waals surface area contributed by atoms with Gasteiger partial charge in [-0.25, -0.2) is 0 Å². The molecule has 0 spiro atoms. The van der Waals surface area contributed by atoms with Gasteiger partial charge in [-0.2, -0.15) is 10.2 Å². The maximum Gasteiger partial charge on any atom is 0.160 e. The average Bonchev–Trinajstić information content (AvgIpc) is 3.47. The molecule has 33 heavy (non-hydrogen) atoms. The Balaban J connectivity index is 1.41. The molecule has 2 aromatic heterocycles. The van der Waals surface area contributed by atoms with Gasteiger partial charge in [-0.3, -0.25) is 9.36 Å². The molecule has 3 aliphatic heterocycles. The van der Waals surface area contributed by atoms with Crippen LogP contribution < -0.4 is 4.90 Å². The summed E-state index contributed by atoms with van der Waals surface area (Å²) < 4.78 is 9.86. The van der Waals surface area contributed by atoms with Gasteiger partial charge in [0.1, 0.15) is 0 Å². The van der Waals surface area contributed by atoms with Gasteiger partial charge in [-0.05, 0) is 55.1 Å². The number of anilines is 2. The maximum absolute atomic E-state index is 5.64. The predicted molar refractivity (Wildman–Crippen MR) is 130 cm³/mol. The fourth-order valence-electron chi connectivity index (χ4n) is 5.62. The standard InChI is InChI=1S/C26H32N6O/c1-3-30-12-8-25-23(18-30)26(28-32(25)22-9-13-33-14-10-22)31-11-4-5-20-15-19(6-7-24(20)31)21-16-27-29(2)17-21/h3,6-7,15-17,22H,1,4-5,8-14,18H2,2H3. The van der Waals surface area contributed by atoms with E-state index in [0.29, 0.717) is 6.04 Å². The molecule has 3 aromatic rings. The third kappa shape index (κ3) is 3.64. The minimum Gasteiger partial charge on any atom is -0.381 e. The SMILES string of the molecule is C=CN1CCc2c(c(N3CCCc4cc(-c5cnn(C)c5)ccc43)nn2C2CCOCC2)C1. The van der Waals surface area contributed by atoms with Crippen molar-refractivity contribution >= 4 is 11.5 Å². The maximum atomic E-state index is 5.64. The molecule has 1 fully saturated rings. The Morgan fingerprint density at radius 2 is 2.00 bits per heavy atom. The fourth-order valence-corrected chi connectivity index (χ4v) is 5.62. The van der Waals surface area contributed by atoms with Crippen molar-refractivity contribution in [3.63, 3.8) is 0 Å². The Bertz CT molecular complexity index is 1170. The lowest BCUT2D eigenvalue weighted by molar-refractivity contribution is 0.0652. The minimum atomic E-state index is 0.439. The zero-order valence-corrected chi connectivity index (χ0v) is 19.4. The predicted octanol–water partition coefficient (Wildman–Crippen LogP) is 4.22. The largest absolute Gasteiger partial charge is 0.381 e. The van der Waals surface area contributed by atoms with Gasteiger partial charge in [0.05, 0.1) is 12.2 Å². The molecule has 0 bridgehead atoms. The van der Waals surface area contributed by atoms with E-state index in [9.17, 15) is 0 Å². The summed E-state index contributed by atoms with van der Waals surface area (Å²) in [5, 5.41) is 9.65. The van der Waals surface area contributed by atoms with E-state index in [1.54, 1.807) is 0 Å². The molecule has 6 rings (SSSR count). The average molecular weight is 445 g/mol. The molecule has 1 aromatic carbocycles. The number of nitrogens with zero attached hydrogens (tertiary/aromatic N) is 6. The second-order valence-electron chi connectivity index (χ2n) is 9.44. The highest BCUT2D eigenvalue weighted by Gasteiger charge is 2.32. The van der Waals surface area contributed by atoms with Crippen LogP contribution in [-0.2, 0) is 31.2 Å². The lowest BCUT2D eigenvalue weighted by Crippen LogP contribution is -2.30. The van der Waals surface area contributed by atoms with Gasteiger partial charge in [0.15, 0.2) is 5.82 Å². The van der Waals surface area contributed by atoms with Gasteiger partial charge in [-0.15, -0.1) is 0 Å². The van der Waals surface area contributed by atoms with Crippen LogP contribution in [0.15, 0.2) is 43.4 Å². The molecular formula is C26H32N6O. The summed E-state index contributed by atoms with van der Waals surface area (Å²) in [6.45, 7) is 8.60. The molecule has 1 saturated heterocycles. The van der Waals surface area contributed by atoms with E-state index in [1.807, 2.05) is 24.1 Å². The molecule has 3 aliphatic rings.